The highest BCUT2D eigenvalue weighted by molar-refractivity contribution is 9.10. The lowest BCUT2D eigenvalue weighted by Crippen LogP contribution is -2.29. The number of nitrogens with one attached hydrogen (secondary N) is 2. The van der Waals surface area contributed by atoms with Crippen molar-refractivity contribution in [2.24, 2.45) is 0 Å². The van der Waals surface area contributed by atoms with Crippen molar-refractivity contribution in [3.63, 3.8) is 0 Å². The van der Waals surface area contributed by atoms with Crippen LogP contribution in [0.4, 0.5) is 5.69 Å². The van der Waals surface area contributed by atoms with Gasteiger partial charge in [-0.2, -0.15) is 0 Å². The summed E-state index contributed by atoms with van der Waals surface area (Å²) >= 11 is 10.6. The molecule has 0 unspecified atom stereocenters. The second kappa shape index (κ2) is 12.9. The lowest BCUT2D eigenvalue weighted by molar-refractivity contribution is -0.123. The van der Waals surface area contributed by atoms with Gasteiger partial charge in [0.1, 0.15) is 5.75 Å². The van der Waals surface area contributed by atoms with Crippen molar-refractivity contribution < 1.29 is 14.3 Å². The van der Waals surface area contributed by atoms with E-state index < -0.39 is 0 Å². The van der Waals surface area contributed by atoms with E-state index in [2.05, 4.69) is 36.8 Å². The third-order valence-corrected chi connectivity index (χ3v) is 7.12. The van der Waals surface area contributed by atoms with Crippen LogP contribution in [-0.2, 0) is 16.1 Å². The Balaban J connectivity index is 1.42. The van der Waals surface area contributed by atoms with Gasteiger partial charge in [-0.15, -0.1) is 10.2 Å². The number of aryl methyl sites for hydroxylation is 2. The molecule has 4 aromatic rings. The summed E-state index contributed by atoms with van der Waals surface area (Å²) in [6.45, 7) is 3.90. The number of aromatic nitrogens is 3. The first-order chi connectivity index (χ1) is 18.3. The van der Waals surface area contributed by atoms with Gasteiger partial charge < -0.3 is 15.4 Å². The Hall–Kier alpha value is -3.34. The lowest BCUT2D eigenvalue weighted by Gasteiger charge is -2.12. The molecule has 0 saturated carbocycles. The minimum Gasteiger partial charge on any atom is -0.484 e. The van der Waals surface area contributed by atoms with Crippen LogP contribution in [0.5, 0.6) is 5.75 Å². The first-order valence-corrected chi connectivity index (χ1v) is 13.8. The van der Waals surface area contributed by atoms with Crippen molar-refractivity contribution in [1.29, 1.82) is 0 Å². The van der Waals surface area contributed by atoms with Crippen LogP contribution in [0, 0.1) is 13.8 Å². The zero-order valence-corrected chi connectivity index (χ0v) is 23.9. The molecule has 1 aromatic heterocycles. The van der Waals surface area contributed by atoms with Crippen molar-refractivity contribution in [2.75, 3.05) is 17.7 Å². The van der Waals surface area contributed by atoms with Crippen molar-refractivity contribution in [3.05, 3.63) is 93.2 Å². The number of carbonyl (C=O) groups is 2. The fourth-order valence-corrected chi connectivity index (χ4v) is 4.61. The van der Waals surface area contributed by atoms with E-state index in [1.165, 1.54) is 11.8 Å². The first kappa shape index (κ1) is 27.7. The van der Waals surface area contributed by atoms with Crippen LogP contribution in [0.15, 0.2) is 76.4 Å². The predicted molar refractivity (Wildman–Crippen MR) is 153 cm³/mol. The SMILES string of the molecule is Cc1ccc(C)c(NC(=O)CSc2nnc(CNC(=O)COc3ccc(Cl)cc3)n2-c2ccc(Br)cc2)c1. The molecule has 3 aromatic carbocycles. The summed E-state index contributed by atoms with van der Waals surface area (Å²) in [6.07, 6.45) is 0. The Morgan fingerprint density at radius 2 is 1.74 bits per heavy atom. The van der Waals surface area contributed by atoms with Gasteiger partial charge in [0.05, 0.1) is 12.3 Å². The van der Waals surface area contributed by atoms with Crippen LogP contribution in [0.3, 0.4) is 0 Å². The summed E-state index contributed by atoms with van der Waals surface area (Å²) in [5.41, 5.74) is 3.65. The highest BCUT2D eigenvalue weighted by Crippen LogP contribution is 2.24. The number of benzene rings is 3. The summed E-state index contributed by atoms with van der Waals surface area (Å²) < 4.78 is 8.25. The van der Waals surface area contributed by atoms with Gasteiger partial charge in [-0.05, 0) is 79.6 Å². The molecule has 196 valence electrons. The topological polar surface area (TPSA) is 98.1 Å². The molecule has 0 saturated heterocycles. The minimum atomic E-state index is -0.313. The van der Waals surface area contributed by atoms with Gasteiger partial charge in [0.15, 0.2) is 17.6 Å². The number of halogens is 2. The first-order valence-electron chi connectivity index (χ1n) is 11.6. The van der Waals surface area contributed by atoms with Gasteiger partial charge in [-0.3, -0.25) is 14.2 Å². The van der Waals surface area contributed by atoms with E-state index in [1.54, 1.807) is 24.3 Å². The summed E-state index contributed by atoms with van der Waals surface area (Å²) in [6, 6.07) is 20.3. The van der Waals surface area contributed by atoms with Crippen LogP contribution in [0.25, 0.3) is 5.69 Å². The summed E-state index contributed by atoms with van der Waals surface area (Å²) in [5.74, 6) is 0.740. The van der Waals surface area contributed by atoms with E-state index in [1.807, 2.05) is 60.9 Å². The summed E-state index contributed by atoms with van der Waals surface area (Å²) in [7, 11) is 0. The zero-order chi connectivity index (χ0) is 27.1. The van der Waals surface area contributed by atoms with Crippen molar-refractivity contribution >= 4 is 56.8 Å². The number of carbonyl (C=O) groups excluding carboxylic acids is 2. The second-order valence-electron chi connectivity index (χ2n) is 8.39. The molecule has 8 nitrogen and oxygen atoms in total. The molecule has 0 atom stereocenters. The maximum Gasteiger partial charge on any atom is 0.258 e. The number of thioether (sulfide) groups is 1. The van der Waals surface area contributed by atoms with Gasteiger partial charge >= 0.3 is 0 Å². The molecule has 1 heterocycles. The van der Waals surface area contributed by atoms with Crippen LogP contribution >= 0.6 is 39.3 Å². The maximum absolute atomic E-state index is 12.7. The molecule has 0 aliphatic carbocycles. The van der Waals surface area contributed by atoms with E-state index in [0.717, 1.165) is 27.0 Å². The van der Waals surface area contributed by atoms with Crippen LogP contribution in [-0.4, -0.2) is 38.9 Å². The van der Waals surface area contributed by atoms with Crippen molar-refractivity contribution in [2.45, 2.75) is 25.5 Å². The van der Waals surface area contributed by atoms with Crippen molar-refractivity contribution in [3.8, 4) is 11.4 Å². The van der Waals surface area contributed by atoms with Crippen LogP contribution in [0.1, 0.15) is 17.0 Å². The number of hydrogen-bond acceptors (Lipinski definition) is 6. The number of amides is 2. The number of rotatable bonds is 10. The Morgan fingerprint density at radius 1 is 1.00 bits per heavy atom. The van der Waals surface area contributed by atoms with Gasteiger partial charge in [-0.25, -0.2) is 0 Å². The van der Waals surface area contributed by atoms with Crippen LogP contribution in [0.2, 0.25) is 5.02 Å². The van der Waals surface area contributed by atoms with Gasteiger partial charge in [0.25, 0.3) is 5.91 Å². The number of nitrogens with zero attached hydrogens (tertiary/aromatic N) is 3. The van der Waals surface area contributed by atoms with E-state index >= 15 is 0 Å². The Bertz CT molecular complexity index is 1430. The predicted octanol–water partition coefficient (Wildman–Crippen LogP) is 5.73. The molecule has 0 aliphatic rings. The molecule has 11 heteroatoms. The molecule has 0 fully saturated rings. The molecular formula is C27H25BrClN5O3S. The van der Waals surface area contributed by atoms with Gasteiger partial charge in [0, 0.05) is 20.9 Å². The normalized spacial score (nSPS) is 10.7. The molecule has 0 spiro atoms. The standard InChI is InChI=1S/C27H25BrClN5O3S/c1-17-3-4-18(2)23(13-17)31-26(36)16-38-27-33-32-24(34(27)21-9-5-19(28)6-10-21)14-30-25(35)15-37-22-11-7-20(29)8-12-22/h3-13H,14-16H2,1-2H3,(H,30,35)(H,31,36). The van der Waals surface area contributed by atoms with E-state index in [0.29, 0.717) is 21.8 Å². The molecule has 4 rings (SSSR count). The smallest absolute Gasteiger partial charge is 0.258 e. The lowest BCUT2D eigenvalue weighted by atomic mass is 10.1. The van der Waals surface area contributed by atoms with E-state index in [4.69, 9.17) is 16.3 Å². The third-order valence-electron chi connectivity index (χ3n) is 5.41. The average Bonchev–Trinajstić information content (AvgIpc) is 3.31. The molecular weight excluding hydrogens is 590 g/mol. The van der Waals surface area contributed by atoms with Gasteiger partial charge in [-0.1, -0.05) is 51.4 Å². The number of anilines is 1. The summed E-state index contributed by atoms with van der Waals surface area (Å²) in [4.78, 5) is 25.1. The highest BCUT2D eigenvalue weighted by Gasteiger charge is 2.17. The molecule has 0 radical (unpaired) electrons. The zero-order valence-electron chi connectivity index (χ0n) is 20.7. The van der Waals surface area contributed by atoms with Crippen molar-refractivity contribution in [1.82, 2.24) is 20.1 Å². The maximum atomic E-state index is 12.7. The largest absolute Gasteiger partial charge is 0.484 e. The Morgan fingerprint density at radius 3 is 2.47 bits per heavy atom. The average molecular weight is 615 g/mol. The number of hydrogen-bond donors (Lipinski definition) is 2. The molecule has 2 amide bonds. The Labute approximate surface area is 238 Å². The van der Waals surface area contributed by atoms with Crippen LogP contribution < -0.4 is 15.4 Å². The van der Waals surface area contributed by atoms with Gasteiger partial charge in [0.2, 0.25) is 5.91 Å². The molecule has 2 N–H and O–H groups in total. The molecule has 0 aliphatic heterocycles. The van der Waals surface area contributed by atoms with E-state index in [9.17, 15) is 9.59 Å². The second-order valence-corrected chi connectivity index (χ2v) is 10.7. The monoisotopic (exact) mass is 613 g/mol. The fourth-order valence-electron chi connectivity index (χ4n) is 3.45. The summed E-state index contributed by atoms with van der Waals surface area (Å²) in [5, 5.41) is 15.5. The molecule has 38 heavy (non-hydrogen) atoms. The minimum absolute atomic E-state index is 0.126. The molecule has 0 bridgehead atoms. The number of ether oxygens (including phenoxy) is 1. The Kier molecular flexibility index (Phi) is 9.43. The quantitative estimate of drug-likeness (QED) is 0.222. The van der Waals surface area contributed by atoms with E-state index in [-0.39, 0.29) is 30.7 Å². The fraction of sp³-hybridized carbons (Fsp3) is 0.185. The highest BCUT2D eigenvalue weighted by atomic mass is 79.9. The third kappa shape index (κ3) is 7.59.